The summed E-state index contributed by atoms with van der Waals surface area (Å²) in [5.41, 5.74) is 1.21. The maximum absolute atomic E-state index is 4.61. The molecule has 0 atom stereocenters. The second-order valence-corrected chi connectivity index (χ2v) is 5.30. The first-order chi connectivity index (χ1) is 10.3. The van der Waals surface area contributed by atoms with Gasteiger partial charge < -0.3 is 15.5 Å². The second-order valence-electron chi connectivity index (χ2n) is 5.30. The first kappa shape index (κ1) is 19.0. The molecule has 2 N–H and O–H groups in total. The monoisotopic (exact) mass is 417 g/mol. The number of guanidine groups is 1. The Morgan fingerprint density at radius 2 is 1.86 bits per heavy atom. The van der Waals surface area contributed by atoms with Crippen molar-refractivity contribution in [2.45, 2.75) is 39.7 Å². The standard InChI is InChI=1S/C16H27N5.HI/c1-3-17-16(18-4-2)20-13-14-8-9-19-15(12-14)21-10-6-5-7-11-21;/h8-9,12H,3-7,10-11,13H2,1-2H3,(H2,17,18,20);1H. The molecular weight excluding hydrogens is 389 g/mol. The number of anilines is 1. The van der Waals surface area contributed by atoms with Gasteiger partial charge in [0.25, 0.3) is 0 Å². The van der Waals surface area contributed by atoms with Gasteiger partial charge in [0.15, 0.2) is 5.96 Å². The lowest BCUT2D eigenvalue weighted by Gasteiger charge is -2.27. The molecule has 22 heavy (non-hydrogen) atoms. The number of piperidine rings is 1. The van der Waals surface area contributed by atoms with E-state index >= 15 is 0 Å². The molecule has 0 radical (unpaired) electrons. The summed E-state index contributed by atoms with van der Waals surface area (Å²) >= 11 is 0. The first-order valence-corrected chi connectivity index (χ1v) is 8.05. The Bertz CT molecular complexity index is 450. The quantitative estimate of drug-likeness (QED) is 0.440. The zero-order chi connectivity index (χ0) is 14.9. The molecular formula is C16H28IN5. The topological polar surface area (TPSA) is 52.6 Å². The molecule has 1 saturated heterocycles. The number of aliphatic imine (C=N–C) groups is 1. The van der Waals surface area contributed by atoms with Crippen molar-refractivity contribution < 1.29 is 0 Å². The first-order valence-electron chi connectivity index (χ1n) is 8.05. The molecule has 6 heteroatoms. The van der Waals surface area contributed by atoms with Crippen molar-refractivity contribution in [3.8, 4) is 0 Å². The molecule has 1 aromatic heterocycles. The summed E-state index contributed by atoms with van der Waals surface area (Å²) in [5.74, 6) is 1.96. The molecule has 0 saturated carbocycles. The average Bonchev–Trinajstić information content (AvgIpc) is 2.54. The molecule has 2 rings (SSSR count). The maximum atomic E-state index is 4.61. The van der Waals surface area contributed by atoms with Crippen LogP contribution in [0.25, 0.3) is 0 Å². The zero-order valence-electron chi connectivity index (χ0n) is 13.6. The van der Waals surface area contributed by atoms with Crippen LogP contribution in [0, 0.1) is 0 Å². The van der Waals surface area contributed by atoms with E-state index in [1.54, 1.807) is 0 Å². The van der Waals surface area contributed by atoms with Crippen molar-refractivity contribution in [1.82, 2.24) is 15.6 Å². The van der Waals surface area contributed by atoms with Crippen LogP contribution in [0.15, 0.2) is 23.3 Å². The summed E-state index contributed by atoms with van der Waals surface area (Å²) in [7, 11) is 0. The van der Waals surface area contributed by atoms with Crippen molar-refractivity contribution in [2.24, 2.45) is 4.99 Å². The molecule has 0 bridgehead atoms. The van der Waals surface area contributed by atoms with Crippen LogP contribution in [0.2, 0.25) is 0 Å². The van der Waals surface area contributed by atoms with Crippen LogP contribution in [0.1, 0.15) is 38.7 Å². The van der Waals surface area contributed by atoms with E-state index in [1.807, 2.05) is 12.3 Å². The normalized spacial score (nSPS) is 14.0. The molecule has 0 spiro atoms. The van der Waals surface area contributed by atoms with Crippen molar-refractivity contribution in [2.75, 3.05) is 31.1 Å². The number of rotatable bonds is 5. The highest BCUT2D eigenvalue weighted by atomic mass is 127. The molecule has 0 aliphatic carbocycles. The van der Waals surface area contributed by atoms with Gasteiger partial charge in [0.1, 0.15) is 5.82 Å². The Balaban J connectivity index is 0.00000242. The Kier molecular flexibility index (Phi) is 9.19. The Labute approximate surface area is 151 Å². The minimum Gasteiger partial charge on any atom is -0.357 e. The predicted molar refractivity (Wildman–Crippen MR) is 104 cm³/mol. The van der Waals surface area contributed by atoms with Gasteiger partial charge in [-0.25, -0.2) is 9.98 Å². The highest BCUT2D eigenvalue weighted by Crippen LogP contribution is 2.18. The van der Waals surface area contributed by atoms with Gasteiger partial charge in [0.2, 0.25) is 0 Å². The van der Waals surface area contributed by atoms with E-state index in [0.717, 1.165) is 38.0 Å². The summed E-state index contributed by atoms with van der Waals surface area (Å²) in [6.07, 6.45) is 5.79. The van der Waals surface area contributed by atoms with Crippen molar-refractivity contribution in [3.05, 3.63) is 23.9 Å². The number of hydrogen-bond acceptors (Lipinski definition) is 3. The fourth-order valence-electron chi connectivity index (χ4n) is 2.53. The van der Waals surface area contributed by atoms with E-state index in [1.165, 1.54) is 24.8 Å². The van der Waals surface area contributed by atoms with E-state index in [-0.39, 0.29) is 24.0 Å². The minimum absolute atomic E-state index is 0. The van der Waals surface area contributed by atoms with Gasteiger partial charge >= 0.3 is 0 Å². The van der Waals surface area contributed by atoms with E-state index in [9.17, 15) is 0 Å². The van der Waals surface area contributed by atoms with Gasteiger partial charge in [-0.15, -0.1) is 24.0 Å². The van der Waals surface area contributed by atoms with Crippen LogP contribution in [0.4, 0.5) is 5.82 Å². The van der Waals surface area contributed by atoms with Gasteiger partial charge in [0.05, 0.1) is 6.54 Å². The van der Waals surface area contributed by atoms with Crippen LogP contribution in [-0.4, -0.2) is 37.1 Å². The lowest BCUT2D eigenvalue weighted by atomic mass is 10.1. The smallest absolute Gasteiger partial charge is 0.191 e. The highest BCUT2D eigenvalue weighted by Gasteiger charge is 2.12. The number of hydrogen-bond donors (Lipinski definition) is 2. The van der Waals surface area contributed by atoms with E-state index in [2.05, 4.69) is 45.4 Å². The third-order valence-corrected chi connectivity index (χ3v) is 3.60. The number of halogens is 1. The average molecular weight is 417 g/mol. The van der Waals surface area contributed by atoms with Gasteiger partial charge in [-0.1, -0.05) is 0 Å². The van der Waals surface area contributed by atoms with Crippen LogP contribution < -0.4 is 15.5 Å². The van der Waals surface area contributed by atoms with Gasteiger partial charge in [0, 0.05) is 32.4 Å². The molecule has 5 nitrogen and oxygen atoms in total. The van der Waals surface area contributed by atoms with E-state index in [4.69, 9.17) is 0 Å². The van der Waals surface area contributed by atoms with Crippen LogP contribution in [-0.2, 0) is 6.54 Å². The molecule has 2 heterocycles. The summed E-state index contributed by atoms with van der Waals surface area (Å²) in [6.45, 7) is 8.84. The number of aromatic nitrogens is 1. The lowest BCUT2D eigenvalue weighted by Crippen LogP contribution is -2.37. The third-order valence-electron chi connectivity index (χ3n) is 3.60. The molecule has 1 aliphatic rings. The molecule has 1 fully saturated rings. The van der Waals surface area contributed by atoms with Crippen molar-refractivity contribution in [1.29, 1.82) is 0 Å². The number of pyridine rings is 1. The molecule has 1 aliphatic heterocycles. The molecule has 0 amide bonds. The Hall–Kier alpha value is -1.05. The molecule has 1 aromatic rings. The minimum atomic E-state index is 0. The van der Waals surface area contributed by atoms with Crippen molar-refractivity contribution in [3.63, 3.8) is 0 Å². The fraction of sp³-hybridized carbons (Fsp3) is 0.625. The SMILES string of the molecule is CCNC(=NCc1ccnc(N2CCCCC2)c1)NCC.I. The second kappa shape index (κ2) is 10.6. The summed E-state index contributed by atoms with van der Waals surface area (Å²) in [4.78, 5) is 11.5. The molecule has 124 valence electrons. The Morgan fingerprint density at radius 3 is 2.50 bits per heavy atom. The van der Waals surface area contributed by atoms with Gasteiger partial charge in [-0.2, -0.15) is 0 Å². The van der Waals surface area contributed by atoms with E-state index in [0.29, 0.717) is 6.54 Å². The van der Waals surface area contributed by atoms with E-state index < -0.39 is 0 Å². The van der Waals surface area contributed by atoms with Gasteiger partial charge in [-0.05, 0) is 50.8 Å². The summed E-state index contributed by atoms with van der Waals surface area (Å²) in [5, 5.41) is 6.49. The summed E-state index contributed by atoms with van der Waals surface area (Å²) in [6, 6.07) is 4.22. The third kappa shape index (κ3) is 5.98. The van der Waals surface area contributed by atoms with Crippen LogP contribution in [0.5, 0.6) is 0 Å². The largest absolute Gasteiger partial charge is 0.357 e. The lowest BCUT2D eigenvalue weighted by molar-refractivity contribution is 0.573. The maximum Gasteiger partial charge on any atom is 0.191 e. The highest BCUT2D eigenvalue weighted by molar-refractivity contribution is 14.0. The molecule has 0 unspecified atom stereocenters. The summed E-state index contributed by atoms with van der Waals surface area (Å²) < 4.78 is 0. The molecule has 0 aromatic carbocycles. The fourth-order valence-corrected chi connectivity index (χ4v) is 2.53. The number of nitrogens with zero attached hydrogens (tertiary/aromatic N) is 3. The van der Waals surface area contributed by atoms with Crippen LogP contribution >= 0.6 is 24.0 Å². The number of nitrogens with one attached hydrogen (secondary N) is 2. The van der Waals surface area contributed by atoms with Crippen molar-refractivity contribution >= 4 is 35.8 Å². The Morgan fingerprint density at radius 1 is 1.18 bits per heavy atom. The van der Waals surface area contributed by atoms with Crippen LogP contribution in [0.3, 0.4) is 0 Å². The predicted octanol–water partition coefficient (Wildman–Crippen LogP) is 2.76. The van der Waals surface area contributed by atoms with Gasteiger partial charge in [-0.3, -0.25) is 0 Å². The zero-order valence-corrected chi connectivity index (χ0v) is 16.0.